The molecular formula is C20H16N6. The van der Waals surface area contributed by atoms with E-state index in [1.54, 1.807) is 0 Å². The van der Waals surface area contributed by atoms with Gasteiger partial charge in [0.05, 0.1) is 17.0 Å². The molecule has 0 unspecified atom stereocenters. The van der Waals surface area contributed by atoms with Crippen LogP contribution >= 0.6 is 0 Å². The number of para-hydroxylation sites is 1. The summed E-state index contributed by atoms with van der Waals surface area (Å²) >= 11 is 0. The van der Waals surface area contributed by atoms with E-state index in [9.17, 15) is 5.26 Å². The monoisotopic (exact) mass is 340 g/mol. The molecule has 1 aromatic carbocycles. The van der Waals surface area contributed by atoms with E-state index in [4.69, 9.17) is 4.98 Å². The zero-order valence-corrected chi connectivity index (χ0v) is 14.3. The largest absolute Gasteiger partial charge is 0.354 e. The van der Waals surface area contributed by atoms with Gasteiger partial charge in [-0.2, -0.15) is 5.26 Å². The van der Waals surface area contributed by atoms with Crippen LogP contribution in [0, 0.1) is 18.3 Å². The molecule has 0 bridgehead atoms. The number of nitrogens with zero attached hydrogens (tertiary/aromatic N) is 6. The minimum atomic E-state index is 0.284. The molecule has 1 fully saturated rings. The Morgan fingerprint density at radius 1 is 1.12 bits per heavy atom. The molecule has 4 aromatic rings. The van der Waals surface area contributed by atoms with Gasteiger partial charge in [-0.1, -0.05) is 24.3 Å². The molecule has 0 aliphatic carbocycles. The summed E-state index contributed by atoms with van der Waals surface area (Å²) < 4.78 is 2.07. The maximum absolute atomic E-state index is 9.53. The second-order valence-corrected chi connectivity index (χ2v) is 6.76. The van der Waals surface area contributed by atoms with Crippen molar-refractivity contribution in [1.29, 1.82) is 5.26 Å². The fraction of sp³-hybridized carbons (Fsp3) is 0.200. The van der Waals surface area contributed by atoms with Crippen molar-refractivity contribution in [3.05, 3.63) is 65.6 Å². The summed E-state index contributed by atoms with van der Waals surface area (Å²) in [4.78, 5) is 6.87. The van der Waals surface area contributed by atoms with E-state index in [0.29, 0.717) is 5.56 Å². The number of pyridine rings is 2. The quantitative estimate of drug-likeness (QED) is 0.561. The normalized spacial score (nSPS) is 14.5. The molecule has 0 radical (unpaired) electrons. The van der Waals surface area contributed by atoms with Gasteiger partial charge >= 0.3 is 0 Å². The molecule has 0 saturated carbocycles. The first-order valence-electron chi connectivity index (χ1n) is 8.59. The van der Waals surface area contributed by atoms with Gasteiger partial charge in [0.25, 0.3) is 0 Å². The number of nitriles is 1. The van der Waals surface area contributed by atoms with Crippen molar-refractivity contribution in [3.63, 3.8) is 0 Å². The minimum absolute atomic E-state index is 0.284. The summed E-state index contributed by atoms with van der Waals surface area (Å²) in [7, 11) is 0. The maximum atomic E-state index is 9.53. The Kier molecular flexibility index (Phi) is 3.16. The van der Waals surface area contributed by atoms with Gasteiger partial charge in [0.1, 0.15) is 17.7 Å². The molecule has 0 amide bonds. The first kappa shape index (κ1) is 14.8. The van der Waals surface area contributed by atoms with Crippen molar-refractivity contribution in [3.8, 4) is 6.07 Å². The highest BCUT2D eigenvalue weighted by atomic mass is 15.3. The summed E-state index contributed by atoms with van der Waals surface area (Å²) in [6.45, 7) is 3.64. The number of hydrogen-bond donors (Lipinski definition) is 0. The number of hydrogen-bond acceptors (Lipinski definition) is 5. The summed E-state index contributed by atoms with van der Waals surface area (Å²) in [6, 6.07) is 16.1. The molecular weight excluding hydrogens is 324 g/mol. The van der Waals surface area contributed by atoms with Crippen molar-refractivity contribution < 1.29 is 0 Å². The van der Waals surface area contributed by atoms with Crippen molar-refractivity contribution in [1.82, 2.24) is 19.6 Å². The molecule has 26 heavy (non-hydrogen) atoms. The third-order valence-electron chi connectivity index (χ3n) is 4.95. The average molecular weight is 340 g/mol. The van der Waals surface area contributed by atoms with E-state index >= 15 is 0 Å². The van der Waals surface area contributed by atoms with Crippen LogP contribution in [-0.2, 0) is 0 Å². The van der Waals surface area contributed by atoms with Crippen LogP contribution in [0.1, 0.15) is 22.9 Å². The fourth-order valence-corrected chi connectivity index (χ4v) is 3.54. The molecule has 6 nitrogen and oxygen atoms in total. The Labute approximate surface area is 150 Å². The second kappa shape index (κ2) is 5.53. The molecule has 1 aliphatic heterocycles. The van der Waals surface area contributed by atoms with Crippen LogP contribution < -0.4 is 4.90 Å². The van der Waals surface area contributed by atoms with E-state index < -0.39 is 0 Å². The number of anilines is 1. The van der Waals surface area contributed by atoms with Crippen LogP contribution in [0.25, 0.3) is 16.6 Å². The Morgan fingerprint density at radius 2 is 1.96 bits per heavy atom. The van der Waals surface area contributed by atoms with Crippen molar-refractivity contribution >= 4 is 22.4 Å². The van der Waals surface area contributed by atoms with Crippen LogP contribution in [0.2, 0.25) is 0 Å². The highest BCUT2D eigenvalue weighted by molar-refractivity contribution is 5.83. The van der Waals surface area contributed by atoms with E-state index in [1.807, 2.05) is 42.5 Å². The zero-order valence-electron chi connectivity index (χ0n) is 14.3. The fourth-order valence-electron chi connectivity index (χ4n) is 3.54. The molecule has 0 spiro atoms. The first-order chi connectivity index (χ1) is 12.7. The molecule has 1 aliphatic rings. The number of benzene rings is 1. The second-order valence-electron chi connectivity index (χ2n) is 6.76. The predicted molar refractivity (Wildman–Crippen MR) is 99.1 cm³/mol. The van der Waals surface area contributed by atoms with Crippen LogP contribution in [0.5, 0.6) is 0 Å². The molecule has 1 saturated heterocycles. The van der Waals surface area contributed by atoms with Crippen LogP contribution in [-0.4, -0.2) is 32.7 Å². The van der Waals surface area contributed by atoms with Crippen molar-refractivity contribution in [2.45, 2.75) is 12.8 Å². The van der Waals surface area contributed by atoms with Gasteiger partial charge < -0.3 is 4.90 Å². The predicted octanol–water partition coefficient (Wildman–Crippen LogP) is 3.06. The lowest BCUT2D eigenvalue weighted by Gasteiger charge is -2.39. The van der Waals surface area contributed by atoms with Gasteiger partial charge in [-0.3, -0.25) is 4.40 Å². The van der Waals surface area contributed by atoms with Gasteiger partial charge in [0.15, 0.2) is 5.65 Å². The third kappa shape index (κ3) is 2.21. The first-order valence-corrected chi connectivity index (χ1v) is 8.59. The van der Waals surface area contributed by atoms with E-state index in [2.05, 4.69) is 38.7 Å². The zero-order chi connectivity index (χ0) is 17.7. The smallest absolute Gasteiger partial charge is 0.160 e. The number of fused-ring (bicyclic) bond motifs is 2. The van der Waals surface area contributed by atoms with Crippen LogP contribution in [0.4, 0.5) is 5.82 Å². The molecule has 5 rings (SSSR count). The molecule has 4 heterocycles. The molecule has 0 atom stereocenters. The Balaban J connectivity index is 1.47. The number of aryl methyl sites for hydroxylation is 1. The lowest BCUT2D eigenvalue weighted by atomic mass is 9.98. The summed E-state index contributed by atoms with van der Waals surface area (Å²) in [5.74, 6) is 2.01. The van der Waals surface area contributed by atoms with Gasteiger partial charge in [-0.05, 0) is 30.7 Å². The number of rotatable bonds is 2. The molecule has 126 valence electrons. The molecule has 0 N–H and O–H groups in total. The standard InChI is InChI=1S/C20H16N6/c1-13-6-7-18-23-24-20(26(18)10-13)16-11-25(12-16)19-15(9-21)8-14-4-2-3-5-17(14)22-19/h2-8,10,16H,11-12H2,1H3. The van der Waals surface area contributed by atoms with E-state index in [-0.39, 0.29) is 5.92 Å². The minimum Gasteiger partial charge on any atom is -0.354 e. The van der Waals surface area contributed by atoms with Crippen LogP contribution in [0.15, 0.2) is 48.7 Å². The summed E-state index contributed by atoms with van der Waals surface area (Å²) in [5, 5.41) is 19.2. The van der Waals surface area contributed by atoms with Gasteiger partial charge in [-0.25, -0.2) is 4.98 Å². The lowest BCUT2D eigenvalue weighted by molar-refractivity contribution is 0.493. The van der Waals surface area contributed by atoms with Gasteiger partial charge in [0, 0.05) is 24.7 Å². The molecule has 6 heteroatoms. The highest BCUT2D eigenvalue weighted by Gasteiger charge is 2.34. The number of aromatic nitrogens is 4. The Bertz CT molecular complexity index is 1180. The topological polar surface area (TPSA) is 70.1 Å². The lowest BCUT2D eigenvalue weighted by Crippen LogP contribution is -2.46. The maximum Gasteiger partial charge on any atom is 0.160 e. The van der Waals surface area contributed by atoms with Crippen molar-refractivity contribution in [2.75, 3.05) is 18.0 Å². The van der Waals surface area contributed by atoms with E-state index in [1.165, 1.54) is 5.56 Å². The van der Waals surface area contributed by atoms with Crippen LogP contribution in [0.3, 0.4) is 0 Å². The van der Waals surface area contributed by atoms with Crippen molar-refractivity contribution in [2.24, 2.45) is 0 Å². The van der Waals surface area contributed by atoms with E-state index in [0.717, 1.165) is 41.3 Å². The molecule has 3 aromatic heterocycles. The summed E-state index contributed by atoms with van der Waals surface area (Å²) in [5.41, 5.74) is 3.57. The van der Waals surface area contributed by atoms with Gasteiger partial charge in [0.2, 0.25) is 0 Å². The highest BCUT2D eigenvalue weighted by Crippen LogP contribution is 2.33. The van der Waals surface area contributed by atoms with Gasteiger partial charge in [-0.15, -0.1) is 10.2 Å². The Hall–Kier alpha value is -3.46. The Morgan fingerprint density at radius 3 is 2.81 bits per heavy atom. The summed E-state index contributed by atoms with van der Waals surface area (Å²) in [6.07, 6.45) is 2.07. The third-order valence-corrected chi connectivity index (χ3v) is 4.95. The SMILES string of the molecule is Cc1ccc2nnc(C3CN(c4nc5ccccc5cc4C#N)C3)n2c1. The average Bonchev–Trinajstić information content (AvgIpc) is 3.02.